The summed E-state index contributed by atoms with van der Waals surface area (Å²) in [6.07, 6.45) is 3.80. The molecule has 0 atom stereocenters. The molecule has 0 aliphatic carbocycles. The Morgan fingerprint density at radius 3 is 2.57 bits per heavy atom. The molecule has 1 amide bonds. The average Bonchev–Trinajstić information content (AvgIpc) is 2.54. The molecule has 1 fully saturated rings. The second kappa shape index (κ2) is 8.80. The molecule has 4 nitrogen and oxygen atoms in total. The maximum Gasteiger partial charge on any atom is 0.223 e. The summed E-state index contributed by atoms with van der Waals surface area (Å²) in [5.41, 5.74) is 1.15. The predicted molar refractivity (Wildman–Crippen MR) is 83.8 cm³/mol. The van der Waals surface area contributed by atoms with Crippen LogP contribution < -0.4 is 5.32 Å². The summed E-state index contributed by atoms with van der Waals surface area (Å²) < 4.78 is 0. The number of benzene rings is 1. The van der Waals surface area contributed by atoms with Crippen LogP contribution in [0.2, 0.25) is 0 Å². The lowest BCUT2D eigenvalue weighted by Crippen LogP contribution is -2.40. The maximum atomic E-state index is 12.2. The summed E-state index contributed by atoms with van der Waals surface area (Å²) in [4.78, 5) is 14.6. The third-order valence-electron chi connectivity index (χ3n) is 4.15. The quantitative estimate of drug-likeness (QED) is 0.753. The van der Waals surface area contributed by atoms with E-state index in [2.05, 4.69) is 10.2 Å². The van der Waals surface area contributed by atoms with Gasteiger partial charge < -0.3 is 15.3 Å². The van der Waals surface area contributed by atoms with Crippen LogP contribution in [0.4, 0.5) is 0 Å². The first-order valence-corrected chi connectivity index (χ1v) is 7.94. The zero-order valence-corrected chi connectivity index (χ0v) is 12.6. The van der Waals surface area contributed by atoms with Crippen LogP contribution in [0, 0.1) is 5.92 Å². The Morgan fingerprint density at radius 2 is 1.90 bits per heavy atom. The van der Waals surface area contributed by atoms with Crippen LogP contribution in [0.3, 0.4) is 0 Å². The van der Waals surface area contributed by atoms with Gasteiger partial charge in [-0.2, -0.15) is 0 Å². The molecule has 0 unspecified atom stereocenters. The third kappa shape index (κ3) is 5.48. The summed E-state index contributed by atoms with van der Waals surface area (Å²) in [7, 11) is 0. The number of aliphatic hydroxyl groups is 1. The maximum absolute atomic E-state index is 12.2. The molecule has 1 saturated heterocycles. The van der Waals surface area contributed by atoms with E-state index in [1.165, 1.54) is 0 Å². The van der Waals surface area contributed by atoms with E-state index in [-0.39, 0.29) is 18.4 Å². The lowest BCUT2D eigenvalue weighted by atomic mass is 9.95. The highest BCUT2D eigenvalue weighted by Gasteiger charge is 2.24. The highest BCUT2D eigenvalue weighted by Crippen LogP contribution is 2.17. The van der Waals surface area contributed by atoms with E-state index >= 15 is 0 Å². The highest BCUT2D eigenvalue weighted by molar-refractivity contribution is 5.78. The van der Waals surface area contributed by atoms with Gasteiger partial charge in [-0.05, 0) is 50.9 Å². The van der Waals surface area contributed by atoms with Crippen molar-refractivity contribution in [2.24, 2.45) is 5.92 Å². The molecule has 1 aliphatic heterocycles. The lowest BCUT2D eigenvalue weighted by Gasteiger charge is -2.31. The molecule has 1 aromatic rings. The summed E-state index contributed by atoms with van der Waals surface area (Å²) in [6, 6.07) is 10.0. The number of likely N-dealkylation sites (tertiary alicyclic amines) is 1. The van der Waals surface area contributed by atoms with Gasteiger partial charge >= 0.3 is 0 Å². The van der Waals surface area contributed by atoms with Crippen LogP contribution >= 0.6 is 0 Å². The highest BCUT2D eigenvalue weighted by atomic mass is 16.2. The SMILES string of the molecule is O=C(NCc1ccccc1)C1CCN(CCCCO)CC1. The molecular weight excluding hydrogens is 264 g/mol. The first kappa shape index (κ1) is 16.0. The Bertz CT molecular complexity index is 414. The van der Waals surface area contributed by atoms with E-state index in [1.54, 1.807) is 0 Å². The fourth-order valence-electron chi connectivity index (χ4n) is 2.80. The number of nitrogens with one attached hydrogen (secondary N) is 1. The van der Waals surface area contributed by atoms with Crippen LogP contribution in [0.15, 0.2) is 30.3 Å². The number of hydrogen-bond donors (Lipinski definition) is 2. The van der Waals surface area contributed by atoms with Gasteiger partial charge in [-0.25, -0.2) is 0 Å². The minimum absolute atomic E-state index is 0.155. The molecule has 0 bridgehead atoms. The van der Waals surface area contributed by atoms with Crippen molar-refractivity contribution in [1.82, 2.24) is 10.2 Å². The number of rotatable bonds is 7. The molecule has 0 radical (unpaired) electrons. The summed E-state index contributed by atoms with van der Waals surface area (Å²) in [6.45, 7) is 3.93. The second-order valence-electron chi connectivity index (χ2n) is 5.75. The van der Waals surface area contributed by atoms with E-state index in [9.17, 15) is 4.79 Å². The third-order valence-corrected chi connectivity index (χ3v) is 4.15. The van der Waals surface area contributed by atoms with Crippen LogP contribution in [0.5, 0.6) is 0 Å². The molecule has 1 aliphatic rings. The van der Waals surface area contributed by atoms with Gasteiger partial charge in [-0.3, -0.25) is 4.79 Å². The molecule has 1 heterocycles. The van der Waals surface area contributed by atoms with Crippen molar-refractivity contribution >= 4 is 5.91 Å². The Kier molecular flexibility index (Phi) is 6.70. The molecule has 4 heteroatoms. The Hall–Kier alpha value is -1.39. The fourth-order valence-corrected chi connectivity index (χ4v) is 2.80. The normalized spacial score (nSPS) is 16.8. The van der Waals surface area contributed by atoms with Crippen molar-refractivity contribution in [2.75, 3.05) is 26.2 Å². The molecular formula is C17H26N2O2. The number of carbonyl (C=O) groups is 1. The standard InChI is InChI=1S/C17H26N2O2/c20-13-5-4-10-19-11-8-16(9-12-19)17(21)18-14-15-6-2-1-3-7-15/h1-3,6-7,16,20H,4-5,8-14H2,(H,18,21). The van der Waals surface area contributed by atoms with Crippen molar-refractivity contribution in [3.8, 4) is 0 Å². The number of hydrogen-bond acceptors (Lipinski definition) is 3. The number of unbranched alkanes of at least 4 members (excludes halogenated alkanes) is 1. The van der Waals surface area contributed by atoms with Crippen LogP contribution in [-0.4, -0.2) is 42.2 Å². The van der Waals surface area contributed by atoms with E-state index in [0.29, 0.717) is 6.54 Å². The van der Waals surface area contributed by atoms with Crippen molar-refractivity contribution in [2.45, 2.75) is 32.2 Å². The van der Waals surface area contributed by atoms with Crippen LogP contribution in [0.1, 0.15) is 31.2 Å². The molecule has 21 heavy (non-hydrogen) atoms. The Morgan fingerprint density at radius 1 is 1.19 bits per heavy atom. The van der Waals surface area contributed by atoms with Crippen molar-refractivity contribution in [1.29, 1.82) is 0 Å². The molecule has 2 rings (SSSR count). The van der Waals surface area contributed by atoms with Crippen LogP contribution in [-0.2, 0) is 11.3 Å². The van der Waals surface area contributed by atoms with Crippen LogP contribution in [0.25, 0.3) is 0 Å². The largest absolute Gasteiger partial charge is 0.396 e. The first-order valence-electron chi connectivity index (χ1n) is 7.94. The van der Waals surface area contributed by atoms with Gasteiger partial charge in [0, 0.05) is 19.1 Å². The minimum Gasteiger partial charge on any atom is -0.396 e. The topological polar surface area (TPSA) is 52.6 Å². The fraction of sp³-hybridized carbons (Fsp3) is 0.588. The predicted octanol–water partition coefficient (Wildman–Crippen LogP) is 1.79. The van der Waals surface area contributed by atoms with E-state index in [4.69, 9.17) is 5.11 Å². The lowest BCUT2D eigenvalue weighted by molar-refractivity contribution is -0.126. The van der Waals surface area contributed by atoms with Gasteiger partial charge in [0.05, 0.1) is 0 Å². The molecule has 1 aromatic carbocycles. The van der Waals surface area contributed by atoms with Crippen molar-refractivity contribution < 1.29 is 9.90 Å². The summed E-state index contributed by atoms with van der Waals surface area (Å²) in [5.74, 6) is 0.344. The van der Waals surface area contributed by atoms with Gasteiger partial charge in [0.25, 0.3) is 0 Å². The van der Waals surface area contributed by atoms with Gasteiger partial charge in [-0.1, -0.05) is 30.3 Å². The zero-order chi connectivity index (χ0) is 14.9. The number of piperidine rings is 1. The number of carbonyl (C=O) groups excluding carboxylic acids is 1. The molecule has 2 N–H and O–H groups in total. The van der Waals surface area contributed by atoms with E-state index < -0.39 is 0 Å². The van der Waals surface area contributed by atoms with Gasteiger partial charge in [0.1, 0.15) is 0 Å². The molecule has 0 saturated carbocycles. The smallest absolute Gasteiger partial charge is 0.223 e. The molecule has 116 valence electrons. The first-order chi connectivity index (χ1) is 10.3. The molecule has 0 aromatic heterocycles. The monoisotopic (exact) mass is 290 g/mol. The number of nitrogens with zero attached hydrogens (tertiary/aromatic N) is 1. The Labute approximate surface area is 127 Å². The van der Waals surface area contributed by atoms with E-state index in [0.717, 1.165) is 50.9 Å². The minimum atomic E-state index is 0.155. The van der Waals surface area contributed by atoms with Gasteiger partial charge in [-0.15, -0.1) is 0 Å². The summed E-state index contributed by atoms with van der Waals surface area (Å²) >= 11 is 0. The zero-order valence-electron chi connectivity index (χ0n) is 12.6. The Balaban J connectivity index is 1.66. The second-order valence-corrected chi connectivity index (χ2v) is 5.75. The number of amides is 1. The van der Waals surface area contributed by atoms with E-state index in [1.807, 2.05) is 30.3 Å². The van der Waals surface area contributed by atoms with Crippen molar-refractivity contribution in [3.05, 3.63) is 35.9 Å². The molecule has 0 spiro atoms. The average molecular weight is 290 g/mol. The van der Waals surface area contributed by atoms with Crippen molar-refractivity contribution in [3.63, 3.8) is 0 Å². The van der Waals surface area contributed by atoms with Gasteiger partial charge in [0.2, 0.25) is 5.91 Å². The van der Waals surface area contributed by atoms with Gasteiger partial charge in [0.15, 0.2) is 0 Å². The number of aliphatic hydroxyl groups excluding tert-OH is 1. The summed E-state index contributed by atoms with van der Waals surface area (Å²) in [5, 5.41) is 11.8.